The molecule has 1 heterocycles. The third-order valence-electron chi connectivity index (χ3n) is 4.97. The van der Waals surface area contributed by atoms with Gasteiger partial charge in [0.1, 0.15) is 9.84 Å². The van der Waals surface area contributed by atoms with E-state index in [4.69, 9.17) is 0 Å². The largest absolute Gasteiger partial charge is 0.337 e. The van der Waals surface area contributed by atoms with Crippen LogP contribution >= 0.6 is 0 Å². The number of carbonyl (C=O) groups is 1. The molecule has 0 aromatic heterocycles. The van der Waals surface area contributed by atoms with Gasteiger partial charge < -0.3 is 4.90 Å². The van der Waals surface area contributed by atoms with Crippen LogP contribution in [0.25, 0.3) is 6.08 Å². The standard InChI is InChI=1S/C19H27N3O5S2/c1-28(24,25)15-14-21-10-12-22(13-11-21)19(23)9-4-16-2-7-18(8-3-16)29(26,27)20-17-5-6-17/h2-4,7-9,17,20H,5-6,10-15H2,1H3/b9-4+. The SMILES string of the molecule is CS(=O)(=O)CCN1CCN(C(=O)/C=C/c2ccc(S(=O)(=O)NC3CC3)cc2)CC1. The van der Waals surface area contributed by atoms with Gasteiger partial charge in [-0.05, 0) is 36.6 Å². The average molecular weight is 442 g/mol. The Morgan fingerprint density at radius 3 is 2.24 bits per heavy atom. The summed E-state index contributed by atoms with van der Waals surface area (Å²) < 4.78 is 49.5. The molecular weight excluding hydrogens is 414 g/mol. The first kappa shape index (κ1) is 21.9. The molecule has 0 unspecified atom stereocenters. The molecule has 2 aliphatic rings. The van der Waals surface area contributed by atoms with Crippen molar-refractivity contribution in [1.82, 2.24) is 14.5 Å². The van der Waals surface area contributed by atoms with Gasteiger partial charge in [0.2, 0.25) is 15.9 Å². The maximum Gasteiger partial charge on any atom is 0.246 e. The second-order valence-electron chi connectivity index (χ2n) is 7.59. The van der Waals surface area contributed by atoms with Crippen LogP contribution in [0.3, 0.4) is 0 Å². The molecule has 0 radical (unpaired) electrons. The molecule has 8 nitrogen and oxygen atoms in total. The Hall–Kier alpha value is -1.75. The molecule has 29 heavy (non-hydrogen) atoms. The number of carbonyl (C=O) groups excluding carboxylic acids is 1. The van der Waals surface area contributed by atoms with E-state index in [1.165, 1.54) is 24.5 Å². The van der Waals surface area contributed by atoms with Crippen LogP contribution in [0.1, 0.15) is 18.4 Å². The molecule has 1 aromatic carbocycles. The average Bonchev–Trinajstić information content (AvgIpc) is 3.48. The van der Waals surface area contributed by atoms with Gasteiger partial charge >= 0.3 is 0 Å². The fourth-order valence-electron chi connectivity index (χ4n) is 3.01. The van der Waals surface area contributed by atoms with E-state index in [1.54, 1.807) is 23.1 Å². The van der Waals surface area contributed by atoms with Crippen LogP contribution in [0.5, 0.6) is 0 Å². The first-order chi connectivity index (χ1) is 13.6. The molecule has 1 saturated carbocycles. The summed E-state index contributed by atoms with van der Waals surface area (Å²) in [5.41, 5.74) is 0.746. The van der Waals surface area contributed by atoms with E-state index in [1.807, 2.05) is 4.90 Å². The van der Waals surface area contributed by atoms with Crippen LogP contribution < -0.4 is 4.72 Å². The van der Waals surface area contributed by atoms with Crippen molar-refractivity contribution in [3.63, 3.8) is 0 Å². The minimum Gasteiger partial charge on any atom is -0.337 e. The summed E-state index contributed by atoms with van der Waals surface area (Å²) in [6.07, 6.45) is 6.15. The number of benzene rings is 1. The minimum atomic E-state index is -3.47. The van der Waals surface area contributed by atoms with Gasteiger partial charge in [0.05, 0.1) is 10.6 Å². The topological polar surface area (TPSA) is 104 Å². The quantitative estimate of drug-likeness (QED) is 0.583. The molecule has 1 saturated heterocycles. The second kappa shape index (κ2) is 8.95. The number of hydrogen-bond donors (Lipinski definition) is 1. The number of hydrogen-bond acceptors (Lipinski definition) is 6. The Morgan fingerprint density at radius 1 is 1.07 bits per heavy atom. The second-order valence-corrected chi connectivity index (χ2v) is 11.6. The lowest BCUT2D eigenvalue weighted by atomic mass is 10.2. The molecule has 1 aliphatic carbocycles. The molecule has 1 N–H and O–H groups in total. The van der Waals surface area contributed by atoms with Gasteiger partial charge in [0.25, 0.3) is 0 Å². The highest BCUT2D eigenvalue weighted by Crippen LogP contribution is 2.22. The van der Waals surface area contributed by atoms with Crippen LogP contribution in [0.4, 0.5) is 0 Å². The third-order valence-corrected chi connectivity index (χ3v) is 7.43. The number of piperazine rings is 1. The zero-order valence-electron chi connectivity index (χ0n) is 16.5. The van der Waals surface area contributed by atoms with E-state index in [0.29, 0.717) is 32.7 Å². The molecule has 0 spiro atoms. The molecule has 2 fully saturated rings. The van der Waals surface area contributed by atoms with Gasteiger partial charge in [-0.15, -0.1) is 0 Å². The summed E-state index contributed by atoms with van der Waals surface area (Å²) in [5.74, 6) is 0.0165. The van der Waals surface area contributed by atoms with Gasteiger partial charge in [-0.2, -0.15) is 0 Å². The number of sulfonamides is 1. The van der Waals surface area contributed by atoms with Crippen molar-refractivity contribution in [2.24, 2.45) is 0 Å². The van der Waals surface area contributed by atoms with Crippen LogP contribution in [-0.2, 0) is 24.7 Å². The molecule has 3 rings (SSSR count). The molecule has 160 valence electrons. The lowest BCUT2D eigenvalue weighted by molar-refractivity contribution is -0.127. The number of rotatable bonds is 8. The normalized spacial score (nSPS) is 19.0. The van der Waals surface area contributed by atoms with Crippen molar-refractivity contribution in [1.29, 1.82) is 0 Å². The number of nitrogens with one attached hydrogen (secondary N) is 1. The van der Waals surface area contributed by atoms with Gasteiger partial charge in [0.15, 0.2) is 0 Å². The highest BCUT2D eigenvalue weighted by Gasteiger charge is 2.27. The van der Waals surface area contributed by atoms with E-state index in [0.717, 1.165) is 18.4 Å². The fraction of sp³-hybridized carbons (Fsp3) is 0.526. The third kappa shape index (κ3) is 6.91. The highest BCUT2D eigenvalue weighted by atomic mass is 32.2. The highest BCUT2D eigenvalue weighted by molar-refractivity contribution is 7.90. The van der Waals surface area contributed by atoms with Gasteiger partial charge in [0, 0.05) is 51.1 Å². The molecule has 1 amide bonds. The monoisotopic (exact) mass is 441 g/mol. The van der Waals surface area contributed by atoms with Crippen molar-refractivity contribution < 1.29 is 21.6 Å². The number of sulfone groups is 1. The maximum atomic E-state index is 12.4. The van der Waals surface area contributed by atoms with Gasteiger partial charge in [-0.3, -0.25) is 9.69 Å². The van der Waals surface area contributed by atoms with E-state index in [2.05, 4.69) is 4.72 Å². The summed E-state index contributed by atoms with van der Waals surface area (Å²) >= 11 is 0. The van der Waals surface area contributed by atoms with E-state index >= 15 is 0 Å². The maximum absolute atomic E-state index is 12.4. The first-order valence-corrected chi connectivity index (χ1v) is 13.2. The van der Waals surface area contributed by atoms with E-state index in [9.17, 15) is 21.6 Å². The number of nitrogens with zero attached hydrogens (tertiary/aromatic N) is 2. The van der Waals surface area contributed by atoms with Crippen molar-refractivity contribution >= 4 is 31.8 Å². The molecule has 1 aliphatic heterocycles. The molecule has 0 atom stereocenters. The summed E-state index contributed by atoms with van der Waals surface area (Å²) in [5, 5.41) is 0. The van der Waals surface area contributed by atoms with Crippen LogP contribution in [0.15, 0.2) is 35.2 Å². The Labute approximate surface area is 172 Å². The Balaban J connectivity index is 1.49. The lowest BCUT2D eigenvalue weighted by Crippen LogP contribution is -2.49. The minimum absolute atomic E-state index is 0.0593. The van der Waals surface area contributed by atoms with Crippen molar-refractivity contribution in [2.45, 2.75) is 23.8 Å². The van der Waals surface area contributed by atoms with Crippen molar-refractivity contribution in [3.05, 3.63) is 35.9 Å². The molecular formula is C19H27N3O5S2. The van der Waals surface area contributed by atoms with E-state index in [-0.39, 0.29) is 22.6 Å². The first-order valence-electron chi connectivity index (χ1n) is 9.62. The van der Waals surface area contributed by atoms with Crippen LogP contribution in [0.2, 0.25) is 0 Å². The predicted molar refractivity (Wildman–Crippen MR) is 112 cm³/mol. The smallest absolute Gasteiger partial charge is 0.246 e. The Morgan fingerprint density at radius 2 is 1.69 bits per heavy atom. The van der Waals surface area contributed by atoms with Gasteiger partial charge in [-0.1, -0.05) is 12.1 Å². The summed E-state index contributed by atoms with van der Waals surface area (Å²) in [6.45, 7) is 2.89. The molecule has 1 aromatic rings. The van der Waals surface area contributed by atoms with Gasteiger partial charge in [-0.25, -0.2) is 21.6 Å². The lowest BCUT2D eigenvalue weighted by Gasteiger charge is -2.34. The van der Waals surface area contributed by atoms with Crippen LogP contribution in [-0.4, -0.2) is 83.3 Å². The number of amides is 1. The summed E-state index contributed by atoms with van der Waals surface area (Å²) in [6, 6.07) is 6.48. The summed E-state index contributed by atoms with van der Waals surface area (Å²) in [7, 11) is -6.46. The predicted octanol–water partition coefficient (Wildman–Crippen LogP) is 0.329. The van der Waals surface area contributed by atoms with Crippen molar-refractivity contribution in [2.75, 3.05) is 44.7 Å². The molecule has 10 heteroatoms. The zero-order chi connectivity index (χ0) is 21.1. The van der Waals surface area contributed by atoms with E-state index < -0.39 is 19.9 Å². The Kier molecular flexibility index (Phi) is 6.77. The Bertz CT molecular complexity index is 960. The fourth-order valence-corrected chi connectivity index (χ4v) is 4.90. The molecule has 0 bridgehead atoms. The van der Waals surface area contributed by atoms with Crippen LogP contribution in [0, 0.1) is 0 Å². The summed E-state index contributed by atoms with van der Waals surface area (Å²) in [4.78, 5) is 16.4. The zero-order valence-corrected chi connectivity index (χ0v) is 18.1. The van der Waals surface area contributed by atoms with Crippen molar-refractivity contribution in [3.8, 4) is 0 Å².